The highest BCUT2D eigenvalue weighted by atomic mass is 127. The topological polar surface area (TPSA) is 52.6 Å². The lowest BCUT2D eigenvalue weighted by molar-refractivity contribution is -0.140. The maximum absolute atomic E-state index is 12.6. The lowest BCUT2D eigenvalue weighted by Crippen LogP contribution is -2.48. The Morgan fingerprint density at radius 3 is 2.64 bits per heavy atom. The number of halogens is 4. The van der Waals surface area contributed by atoms with E-state index in [0.717, 1.165) is 49.2 Å². The fraction of sp³-hybridized carbons (Fsp3) is 0.529. The maximum atomic E-state index is 12.6. The second-order valence-corrected chi connectivity index (χ2v) is 8.10. The first-order valence-corrected chi connectivity index (χ1v) is 10.5. The Hall–Kier alpha value is -0.920. The molecule has 2 aromatic rings. The maximum Gasteiger partial charge on any atom is 0.434 e. The molecule has 0 aliphatic carbocycles. The van der Waals surface area contributed by atoms with Crippen molar-refractivity contribution in [2.75, 3.05) is 20.1 Å². The number of hydrogen-bond acceptors (Lipinski definition) is 5. The molecule has 11 heteroatoms. The molecule has 3 rings (SSSR count). The fourth-order valence-electron chi connectivity index (χ4n) is 2.95. The Bertz CT molecular complexity index is 740. The van der Waals surface area contributed by atoms with E-state index in [2.05, 4.69) is 42.3 Å². The third-order valence-corrected chi connectivity index (χ3v) is 5.97. The van der Waals surface area contributed by atoms with Gasteiger partial charge in [0.2, 0.25) is 0 Å². The van der Waals surface area contributed by atoms with Gasteiger partial charge in [0.15, 0.2) is 11.7 Å². The SMILES string of the molecule is CN=C(NCc1nc(C(F)(F)F)cs1)NC1CCN(Cc2ccsc2)CC1.I. The summed E-state index contributed by atoms with van der Waals surface area (Å²) in [5, 5.41) is 12.1. The van der Waals surface area contributed by atoms with Gasteiger partial charge < -0.3 is 10.6 Å². The van der Waals surface area contributed by atoms with Crippen molar-refractivity contribution in [3.8, 4) is 0 Å². The van der Waals surface area contributed by atoms with E-state index in [1.165, 1.54) is 5.56 Å². The van der Waals surface area contributed by atoms with Gasteiger partial charge in [0.05, 0.1) is 6.54 Å². The molecule has 5 nitrogen and oxygen atoms in total. The van der Waals surface area contributed by atoms with Gasteiger partial charge in [-0.3, -0.25) is 9.89 Å². The summed E-state index contributed by atoms with van der Waals surface area (Å²) in [6.07, 6.45) is -2.40. The highest BCUT2D eigenvalue weighted by Gasteiger charge is 2.33. The Balaban J connectivity index is 0.00000280. The predicted molar refractivity (Wildman–Crippen MR) is 118 cm³/mol. The number of thiophene rings is 1. The monoisotopic (exact) mass is 545 g/mol. The summed E-state index contributed by atoms with van der Waals surface area (Å²) < 4.78 is 37.8. The first-order chi connectivity index (χ1) is 12.9. The first kappa shape index (κ1) is 23.4. The van der Waals surface area contributed by atoms with Crippen LogP contribution in [0.3, 0.4) is 0 Å². The highest BCUT2D eigenvalue weighted by Crippen LogP contribution is 2.29. The molecule has 0 amide bonds. The van der Waals surface area contributed by atoms with Gasteiger partial charge in [-0.25, -0.2) is 4.98 Å². The zero-order chi connectivity index (χ0) is 19.3. The van der Waals surface area contributed by atoms with Crippen molar-refractivity contribution in [2.45, 2.75) is 38.1 Å². The van der Waals surface area contributed by atoms with Crippen LogP contribution in [0.2, 0.25) is 0 Å². The molecule has 0 spiro atoms. The Kier molecular flexibility index (Phi) is 8.96. The van der Waals surface area contributed by atoms with E-state index in [-0.39, 0.29) is 30.5 Å². The average molecular weight is 545 g/mol. The summed E-state index contributed by atoms with van der Waals surface area (Å²) in [5.41, 5.74) is 0.510. The van der Waals surface area contributed by atoms with Gasteiger partial charge in [-0.2, -0.15) is 24.5 Å². The molecule has 0 radical (unpaired) electrons. The van der Waals surface area contributed by atoms with Crippen LogP contribution in [0, 0.1) is 0 Å². The summed E-state index contributed by atoms with van der Waals surface area (Å²) >= 11 is 2.71. The lowest BCUT2D eigenvalue weighted by atomic mass is 10.0. The van der Waals surface area contributed by atoms with Crippen LogP contribution >= 0.6 is 46.7 Å². The highest BCUT2D eigenvalue weighted by molar-refractivity contribution is 14.0. The Morgan fingerprint density at radius 2 is 2.07 bits per heavy atom. The number of aliphatic imine (C=N–C) groups is 1. The van der Waals surface area contributed by atoms with Crippen molar-refractivity contribution in [2.24, 2.45) is 4.99 Å². The molecule has 0 saturated carbocycles. The number of hydrogen-bond donors (Lipinski definition) is 2. The molecule has 1 aliphatic heterocycles. The van der Waals surface area contributed by atoms with Crippen LogP contribution in [0.5, 0.6) is 0 Å². The van der Waals surface area contributed by atoms with E-state index >= 15 is 0 Å². The number of likely N-dealkylation sites (tertiary alicyclic amines) is 1. The zero-order valence-electron chi connectivity index (χ0n) is 15.3. The molecule has 3 heterocycles. The number of nitrogens with one attached hydrogen (secondary N) is 2. The van der Waals surface area contributed by atoms with Crippen molar-refractivity contribution >= 4 is 52.6 Å². The number of alkyl halides is 3. The summed E-state index contributed by atoms with van der Waals surface area (Å²) in [7, 11) is 1.66. The van der Waals surface area contributed by atoms with Crippen molar-refractivity contribution in [1.82, 2.24) is 20.5 Å². The molecule has 2 N–H and O–H groups in total. The second kappa shape index (κ2) is 10.7. The molecule has 0 bridgehead atoms. The fourth-order valence-corrected chi connectivity index (χ4v) is 4.35. The molecule has 0 aromatic carbocycles. The molecular formula is C17H23F3IN5S2. The van der Waals surface area contributed by atoms with Crippen molar-refractivity contribution in [1.29, 1.82) is 0 Å². The van der Waals surface area contributed by atoms with Crippen LogP contribution in [0.25, 0.3) is 0 Å². The smallest absolute Gasteiger partial charge is 0.354 e. The molecule has 0 unspecified atom stereocenters. The van der Waals surface area contributed by atoms with Crippen molar-refractivity contribution < 1.29 is 13.2 Å². The second-order valence-electron chi connectivity index (χ2n) is 6.38. The van der Waals surface area contributed by atoms with Gasteiger partial charge in [-0.05, 0) is 35.2 Å². The minimum Gasteiger partial charge on any atom is -0.354 e. The van der Waals surface area contributed by atoms with Gasteiger partial charge in [-0.1, -0.05) is 0 Å². The standard InChI is InChI=1S/C17H22F3N5S2.HI/c1-21-16(22-8-15-24-14(11-27-15)17(18,19)20)23-13-2-5-25(6-3-13)9-12-4-7-26-10-12;/h4,7,10-11,13H,2-3,5-6,8-9H2,1H3,(H2,21,22,23);1H. The minimum atomic E-state index is -4.40. The minimum absolute atomic E-state index is 0. The number of nitrogens with zero attached hydrogens (tertiary/aromatic N) is 3. The number of piperidine rings is 1. The molecular weight excluding hydrogens is 522 g/mol. The van der Waals surface area contributed by atoms with Crippen LogP contribution in [-0.2, 0) is 19.3 Å². The molecule has 1 aliphatic rings. The van der Waals surface area contributed by atoms with Crippen LogP contribution in [0.1, 0.15) is 29.1 Å². The largest absolute Gasteiger partial charge is 0.434 e. The summed E-state index contributed by atoms with van der Waals surface area (Å²) in [4.78, 5) is 10.2. The van der Waals surface area contributed by atoms with Crippen LogP contribution < -0.4 is 10.6 Å². The molecule has 0 atom stereocenters. The molecule has 2 aromatic heterocycles. The van der Waals surface area contributed by atoms with Gasteiger partial charge in [0.25, 0.3) is 0 Å². The van der Waals surface area contributed by atoms with Crippen LogP contribution in [0.4, 0.5) is 13.2 Å². The van der Waals surface area contributed by atoms with E-state index in [0.29, 0.717) is 17.0 Å². The molecule has 28 heavy (non-hydrogen) atoms. The molecule has 1 saturated heterocycles. The number of rotatable bonds is 5. The van der Waals surface area contributed by atoms with Crippen molar-refractivity contribution in [3.05, 3.63) is 38.5 Å². The lowest BCUT2D eigenvalue weighted by Gasteiger charge is -2.32. The third-order valence-electron chi connectivity index (χ3n) is 4.39. The van der Waals surface area contributed by atoms with Crippen molar-refractivity contribution in [3.63, 3.8) is 0 Å². The average Bonchev–Trinajstić information content (AvgIpc) is 3.31. The van der Waals surface area contributed by atoms with Gasteiger partial charge in [0, 0.05) is 38.1 Å². The van der Waals surface area contributed by atoms with Crippen LogP contribution in [0.15, 0.2) is 27.2 Å². The van der Waals surface area contributed by atoms with Gasteiger partial charge >= 0.3 is 6.18 Å². The van der Waals surface area contributed by atoms with E-state index in [4.69, 9.17) is 0 Å². The number of aromatic nitrogens is 1. The van der Waals surface area contributed by atoms with Crippen LogP contribution in [-0.4, -0.2) is 42.0 Å². The molecule has 156 valence electrons. The Labute approximate surface area is 187 Å². The predicted octanol–water partition coefficient (Wildman–Crippen LogP) is 4.17. The summed E-state index contributed by atoms with van der Waals surface area (Å²) in [6, 6.07) is 2.46. The number of thiazole rings is 1. The third kappa shape index (κ3) is 6.85. The van der Waals surface area contributed by atoms with E-state index < -0.39 is 11.9 Å². The first-order valence-electron chi connectivity index (χ1n) is 8.66. The zero-order valence-corrected chi connectivity index (χ0v) is 19.3. The summed E-state index contributed by atoms with van der Waals surface area (Å²) in [5.74, 6) is 0.593. The normalized spacial score (nSPS) is 16.6. The number of guanidine groups is 1. The molecule has 1 fully saturated rings. The van der Waals surface area contributed by atoms with Gasteiger partial charge in [-0.15, -0.1) is 35.3 Å². The van der Waals surface area contributed by atoms with E-state index in [1.54, 1.807) is 18.4 Å². The van der Waals surface area contributed by atoms with E-state index in [1.807, 2.05) is 0 Å². The Morgan fingerprint density at radius 1 is 1.32 bits per heavy atom. The van der Waals surface area contributed by atoms with Gasteiger partial charge in [0.1, 0.15) is 5.01 Å². The quantitative estimate of drug-likeness (QED) is 0.337. The van der Waals surface area contributed by atoms with E-state index in [9.17, 15) is 13.2 Å². The summed E-state index contributed by atoms with van der Waals surface area (Å²) in [6.45, 7) is 3.21.